The second-order valence-electron chi connectivity index (χ2n) is 5.26. The summed E-state index contributed by atoms with van der Waals surface area (Å²) in [6, 6.07) is 0.978. The number of halogens is 1. The monoisotopic (exact) mass is 353 g/mol. The first-order valence-electron chi connectivity index (χ1n) is 5.55. The van der Waals surface area contributed by atoms with E-state index in [1.54, 1.807) is 0 Å². The van der Waals surface area contributed by atoms with Crippen LogP contribution in [0.4, 0.5) is 0 Å². The number of nitrogens with one attached hydrogen (secondary N) is 1. The quantitative estimate of drug-likeness (QED) is 0.847. The minimum Gasteiger partial charge on any atom is -0.475 e. The standard InChI is InChI=1S/C11H16BrNO5S/c1-11(2,3)4-5-13-19(16,17)8-6-7(10(14)15)18-9(8)12/h6,13H,4-5H2,1-3H3,(H,14,15). The molecule has 0 saturated heterocycles. The van der Waals surface area contributed by atoms with Gasteiger partial charge in [-0.05, 0) is 27.8 Å². The lowest BCUT2D eigenvalue weighted by atomic mass is 9.93. The molecule has 0 bridgehead atoms. The lowest BCUT2D eigenvalue weighted by Crippen LogP contribution is -2.27. The van der Waals surface area contributed by atoms with E-state index in [1.807, 2.05) is 20.8 Å². The highest BCUT2D eigenvalue weighted by Gasteiger charge is 2.25. The van der Waals surface area contributed by atoms with Crippen LogP contribution in [0.1, 0.15) is 37.7 Å². The average Bonchev–Trinajstić information content (AvgIpc) is 2.58. The lowest BCUT2D eigenvalue weighted by Gasteiger charge is -2.17. The van der Waals surface area contributed by atoms with Crippen molar-refractivity contribution in [3.05, 3.63) is 16.5 Å². The summed E-state index contributed by atoms with van der Waals surface area (Å²) in [4.78, 5) is 10.5. The Bertz CT molecular complexity index is 570. The summed E-state index contributed by atoms with van der Waals surface area (Å²) in [5, 5.41) is 8.74. The maximum absolute atomic E-state index is 12.0. The summed E-state index contributed by atoms with van der Waals surface area (Å²) >= 11 is 2.90. The molecule has 1 aromatic heterocycles. The van der Waals surface area contributed by atoms with Crippen molar-refractivity contribution in [1.29, 1.82) is 0 Å². The zero-order valence-electron chi connectivity index (χ0n) is 10.9. The van der Waals surface area contributed by atoms with Crippen molar-refractivity contribution in [2.24, 2.45) is 5.41 Å². The molecule has 19 heavy (non-hydrogen) atoms. The van der Waals surface area contributed by atoms with Gasteiger partial charge in [0.05, 0.1) is 0 Å². The maximum atomic E-state index is 12.0. The SMILES string of the molecule is CC(C)(C)CCNS(=O)(=O)c1cc(C(=O)O)oc1Br. The van der Waals surface area contributed by atoms with Crippen LogP contribution in [0.5, 0.6) is 0 Å². The van der Waals surface area contributed by atoms with Crippen molar-refractivity contribution >= 4 is 31.9 Å². The Morgan fingerprint density at radius 3 is 2.47 bits per heavy atom. The van der Waals surface area contributed by atoms with E-state index >= 15 is 0 Å². The van der Waals surface area contributed by atoms with E-state index in [-0.39, 0.29) is 21.5 Å². The Kier molecular flexibility index (Phi) is 4.81. The first-order chi connectivity index (χ1) is 8.53. The van der Waals surface area contributed by atoms with Gasteiger partial charge in [0, 0.05) is 12.6 Å². The highest BCUT2D eigenvalue weighted by molar-refractivity contribution is 9.10. The van der Waals surface area contributed by atoms with Gasteiger partial charge in [-0.15, -0.1) is 0 Å². The van der Waals surface area contributed by atoms with Crippen LogP contribution in [-0.2, 0) is 10.0 Å². The highest BCUT2D eigenvalue weighted by Crippen LogP contribution is 2.26. The van der Waals surface area contributed by atoms with Gasteiger partial charge in [0.25, 0.3) is 0 Å². The first-order valence-corrected chi connectivity index (χ1v) is 7.83. The van der Waals surface area contributed by atoms with Crippen molar-refractivity contribution in [1.82, 2.24) is 4.72 Å². The number of sulfonamides is 1. The summed E-state index contributed by atoms with van der Waals surface area (Å²) in [6.45, 7) is 6.26. The van der Waals surface area contributed by atoms with Gasteiger partial charge in [0.15, 0.2) is 4.67 Å². The van der Waals surface area contributed by atoms with E-state index < -0.39 is 21.8 Å². The number of furan rings is 1. The number of carbonyl (C=O) groups is 1. The Labute approximate surface area is 120 Å². The van der Waals surface area contributed by atoms with Crippen molar-refractivity contribution in [2.45, 2.75) is 32.1 Å². The number of carboxylic acid groups (broad SMARTS) is 1. The van der Waals surface area contributed by atoms with Crippen LogP contribution < -0.4 is 4.72 Å². The van der Waals surface area contributed by atoms with Crippen LogP contribution in [0.25, 0.3) is 0 Å². The van der Waals surface area contributed by atoms with Crippen LogP contribution in [0.15, 0.2) is 20.0 Å². The Morgan fingerprint density at radius 2 is 2.05 bits per heavy atom. The number of rotatable bonds is 5. The van der Waals surface area contributed by atoms with E-state index in [9.17, 15) is 13.2 Å². The average molecular weight is 354 g/mol. The molecular formula is C11H16BrNO5S. The van der Waals surface area contributed by atoms with Crippen molar-refractivity contribution in [3.8, 4) is 0 Å². The molecule has 0 saturated carbocycles. The summed E-state index contributed by atoms with van der Waals surface area (Å²) in [5.74, 6) is -1.75. The predicted octanol–water partition coefficient (Wildman–Crippen LogP) is 2.45. The Morgan fingerprint density at radius 1 is 1.47 bits per heavy atom. The Hall–Kier alpha value is -0.860. The number of carboxylic acids is 1. The number of aromatic carboxylic acids is 1. The Balaban J connectivity index is 2.86. The van der Waals surface area contributed by atoms with E-state index in [1.165, 1.54) is 0 Å². The van der Waals surface area contributed by atoms with Crippen LogP contribution in [0, 0.1) is 5.41 Å². The maximum Gasteiger partial charge on any atom is 0.371 e. The van der Waals surface area contributed by atoms with Crippen molar-refractivity contribution in [3.63, 3.8) is 0 Å². The zero-order valence-corrected chi connectivity index (χ0v) is 13.3. The minimum absolute atomic E-state index is 0.00235. The normalized spacial score (nSPS) is 12.6. The van der Waals surface area contributed by atoms with Crippen LogP contribution in [-0.4, -0.2) is 26.0 Å². The van der Waals surface area contributed by atoms with Crippen molar-refractivity contribution < 1.29 is 22.7 Å². The minimum atomic E-state index is -3.78. The molecule has 0 atom stereocenters. The summed E-state index contributed by atoms with van der Waals surface area (Å²) in [6.07, 6.45) is 0.660. The van der Waals surface area contributed by atoms with E-state index in [0.717, 1.165) is 6.07 Å². The third-order valence-electron chi connectivity index (χ3n) is 2.32. The molecule has 0 fully saturated rings. The van der Waals surface area contributed by atoms with Gasteiger partial charge in [0.2, 0.25) is 15.8 Å². The molecule has 1 heterocycles. The largest absolute Gasteiger partial charge is 0.475 e. The fraction of sp³-hybridized carbons (Fsp3) is 0.545. The molecule has 0 aliphatic heterocycles. The molecule has 0 unspecified atom stereocenters. The molecule has 1 aromatic rings. The molecule has 0 amide bonds. The molecule has 0 spiro atoms. The summed E-state index contributed by atoms with van der Waals surface area (Å²) in [7, 11) is -3.78. The predicted molar refractivity (Wildman–Crippen MR) is 72.6 cm³/mol. The summed E-state index contributed by atoms with van der Waals surface area (Å²) in [5.41, 5.74) is 0.00235. The number of hydrogen-bond donors (Lipinski definition) is 2. The van der Waals surface area contributed by atoms with Crippen molar-refractivity contribution in [2.75, 3.05) is 6.54 Å². The molecule has 2 N–H and O–H groups in total. The molecule has 0 aliphatic carbocycles. The molecule has 6 nitrogen and oxygen atoms in total. The lowest BCUT2D eigenvalue weighted by molar-refractivity contribution is 0.0661. The highest BCUT2D eigenvalue weighted by atomic mass is 79.9. The molecule has 0 radical (unpaired) electrons. The first kappa shape index (κ1) is 16.2. The van der Waals surface area contributed by atoms with E-state index in [4.69, 9.17) is 9.52 Å². The van der Waals surface area contributed by atoms with Gasteiger partial charge in [-0.3, -0.25) is 0 Å². The van der Waals surface area contributed by atoms with Gasteiger partial charge in [-0.2, -0.15) is 0 Å². The van der Waals surface area contributed by atoms with Gasteiger partial charge in [0.1, 0.15) is 4.90 Å². The van der Waals surface area contributed by atoms with Gasteiger partial charge in [-0.25, -0.2) is 17.9 Å². The second-order valence-corrected chi connectivity index (χ2v) is 7.72. The number of hydrogen-bond acceptors (Lipinski definition) is 4. The molecule has 0 aliphatic rings. The fourth-order valence-corrected chi connectivity index (χ4v) is 3.25. The third kappa shape index (κ3) is 4.63. The van der Waals surface area contributed by atoms with Crippen LogP contribution in [0.3, 0.4) is 0 Å². The topological polar surface area (TPSA) is 96.6 Å². The molecule has 108 valence electrons. The molecule has 8 heteroatoms. The second kappa shape index (κ2) is 5.64. The van der Waals surface area contributed by atoms with Crippen LogP contribution >= 0.6 is 15.9 Å². The molecule has 1 rings (SSSR count). The zero-order chi connectivity index (χ0) is 14.8. The fourth-order valence-electron chi connectivity index (χ4n) is 1.28. The van der Waals surface area contributed by atoms with E-state index in [2.05, 4.69) is 20.7 Å². The van der Waals surface area contributed by atoms with Gasteiger partial charge >= 0.3 is 5.97 Å². The van der Waals surface area contributed by atoms with Gasteiger partial charge in [-0.1, -0.05) is 20.8 Å². The smallest absolute Gasteiger partial charge is 0.371 e. The molecule has 0 aromatic carbocycles. The molecular weight excluding hydrogens is 338 g/mol. The van der Waals surface area contributed by atoms with Crippen LogP contribution in [0.2, 0.25) is 0 Å². The van der Waals surface area contributed by atoms with Gasteiger partial charge < -0.3 is 9.52 Å². The summed E-state index contributed by atoms with van der Waals surface area (Å²) < 4.78 is 31.1. The third-order valence-corrected chi connectivity index (χ3v) is 4.64. The van der Waals surface area contributed by atoms with E-state index in [0.29, 0.717) is 6.42 Å².